The van der Waals surface area contributed by atoms with Crippen LogP contribution >= 0.6 is 0 Å². The summed E-state index contributed by atoms with van der Waals surface area (Å²) in [5, 5.41) is 15.2. The summed E-state index contributed by atoms with van der Waals surface area (Å²) < 4.78 is 4.80. The molecule has 5 heteroatoms. The van der Waals surface area contributed by atoms with Crippen LogP contribution in [-0.4, -0.2) is 35.3 Å². The van der Waals surface area contributed by atoms with Crippen LogP contribution in [0.25, 0.3) is 10.9 Å². The number of nitrogens with zero attached hydrogens (tertiary/aromatic N) is 1. The first kappa shape index (κ1) is 15.2. The van der Waals surface area contributed by atoms with Gasteiger partial charge in [-0.1, -0.05) is 24.3 Å². The van der Waals surface area contributed by atoms with Crippen molar-refractivity contribution in [2.24, 2.45) is 11.8 Å². The Bertz CT molecular complexity index is 915. The van der Waals surface area contributed by atoms with Gasteiger partial charge < -0.3 is 19.6 Å². The average molecular weight is 338 g/mol. The number of rotatable bonds is 1. The second-order valence-corrected chi connectivity index (χ2v) is 7.62. The van der Waals surface area contributed by atoms with Crippen molar-refractivity contribution in [1.82, 2.24) is 4.98 Å². The minimum Gasteiger partial charge on any atom is -0.632 e. The van der Waals surface area contributed by atoms with Crippen molar-refractivity contribution in [3.8, 4) is 0 Å². The van der Waals surface area contributed by atoms with Gasteiger partial charge in [-0.05, 0) is 24.1 Å². The molecule has 4 aliphatic heterocycles. The van der Waals surface area contributed by atoms with Crippen LogP contribution in [0.5, 0.6) is 0 Å². The second-order valence-electron chi connectivity index (χ2n) is 7.62. The van der Waals surface area contributed by atoms with E-state index in [2.05, 4.69) is 17.1 Å². The van der Waals surface area contributed by atoms with Gasteiger partial charge in [-0.15, -0.1) is 0 Å². The molecule has 1 aromatic heterocycles. The lowest BCUT2D eigenvalue weighted by Gasteiger charge is -2.66. The minimum atomic E-state index is -0.333. The molecule has 0 unspecified atom stereocenters. The lowest BCUT2D eigenvalue weighted by molar-refractivity contribution is -0.951. The highest BCUT2D eigenvalue weighted by atomic mass is 16.6. The van der Waals surface area contributed by atoms with Crippen molar-refractivity contribution in [3.05, 3.63) is 52.4 Å². The van der Waals surface area contributed by atoms with Crippen LogP contribution in [0.1, 0.15) is 30.6 Å². The molecule has 0 spiro atoms. The number of allylic oxidation sites excluding steroid dienone is 1. The Morgan fingerprint density at radius 3 is 2.96 bits per heavy atom. The Labute approximate surface area is 146 Å². The number of esters is 1. The summed E-state index contributed by atoms with van der Waals surface area (Å²) in [6.07, 6.45) is 3.40. The maximum Gasteiger partial charge on any atom is 0.315 e. The summed E-state index contributed by atoms with van der Waals surface area (Å²) in [5.41, 5.74) is 4.53. The number of hydrogen-bond acceptors (Lipinski definition) is 3. The van der Waals surface area contributed by atoms with E-state index < -0.39 is 0 Å². The predicted octanol–water partition coefficient (Wildman–Crippen LogP) is 3.22. The van der Waals surface area contributed by atoms with Gasteiger partial charge in [0.05, 0.1) is 12.8 Å². The van der Waals surface area contributed by atoms with Gasteiger partial charge in [0.2, 0.25) is 0 Å². The highest BCUT2D eigenvalue weighted by Gasteiger charge is 2.62. The zero-order chi connectivity index (χ0) is 17.3. The standard InChI is InChI=1S/C20H22N2O3/c1-3-11-10-22(24)16-9-14-12-6-4-5-7-15(12)21-19(14)17(22)8-13(11)18(16)20(23)25-2/h3-7,13,16-18,21H,8-10H2,1-2H3/b11-3-/t13-,16-,17-,18-,22-/m0/s1. The van der Waals surface area contributed by atoms with Crippen LogP contribution < -0.4 is 0 Å². The molecule has 0 saturated carbocycles. The molecule has 1 aromatic carbocycles. The lowest BCUT2D eigenvalue weighted by Crippen LogP contribution is -2.70. The molecule has 0 radical (unpaired) electrons. The van der Waals surface area contributed by atoms with Crippen molar-refractivity contribution >= 4 is 16.9 Å². The number of carbonyl (C=O) groups excluding carboxylic acids is 1. The highest BCUT2D eigenvalue weighted by Crippen LogP contribution is 2.58. The number of carbonyl (C=O) groups is 1. The van der Waals surface area contributed by atoms with E-state index in [-0.39, 0.29) is 34.5 Å². The highest BCUT2D eigenvalue weighted by molar-refractivity contribution is 5.85. The fourth-order valence-corrected chi connectivity index (χ4v) is 5.66. The zero-order valence-electron chi connectivity index (χ0n) is 14.5. The van der Waals surface area contributed by atoms with Crippen molar-refractivity contribution in [1.29, 1.82) is 0 Å². The van der Waals surface area contributed by atoms with Gasteiger partial charge in [-0.3, -0.25) is 4.79 Å². The molecule has 2 aromatic rings. The Kier molecular flexibility index (Phi) is 3.01. The third-order valence-electron chi connectivity index (χ3n) is 6.76. The van der Waals surface area contributed by atoms with Crippen LogP contribution in [0.3, 0.4) is 0 Å². The first-order valence-electron chi connectivity index (χ1n) is 8.99. The number of H-pyrrole nitrogens is 1. The molecule has 0 aliphatic carbocycles. The molecule has 0 amide bonds. The van der Waals surface area contributed by atoms with E-state index in [0.717, 1.165) is 23.2 Å². The normalized spacial score (nSPS) is 37.3. The van der Waals surface area contributed by atoms with Crippen LogP contribution in [0.15, 0.2) is 35.9 Å². The number of hydrogen-bond donors (Lipinski definition) is 1. The number of quaternary nitrogens is 1. The van der Waals surface area contributed by atoms with E-state index in [1.165, 1.54) is 18.1 Å². The van der Waals surface area contributed by atoms with Gasteiger partial charge >= 0.3 is 5.97 Å². The van der Waals surface area contributed by atoms with E-state index in [0.29, 0.717) is 13.0 Å². The monoisotopic (exact) mass is 338 g/mol. The van der Waals surface area contributed by atoms with Gasteiger partial charge in [0.1, 0.15) is 24.5 Å². The summed E-state index contributed by atoms with van der Waals surface area (Å²) >= 11 is 0. The third kappa shape index (κ3) is 1.77. The lowest BCUT2D eigenvalue weighted by atomic mass is 9.63. The number of methoxy groups -OCH3 is 1. The maximum atomic E-state index is 14.0. The molecule has 5 heterocycles. The van der Waals surface area contributed by atoms with E-state index in [1.807, 2.05) is 25.1 Å². The zero-order valence-corrected chi connectivity index (χ0v) is 14.5. The maximum absolute atomic E-state index is 14.0. The molecule has 1 N–H and O–H groups in total. The molecule has 3 fully saturated rings. The number of ether oxygens (including phenoxy) is 1. The summed E-state index contributed by atoms with van der Waals surface area (Å²) in [6.45, 7) is 2.47. The quantitative estimate of drug-likeness (QED) is 0.376. The van der Waals surface area contributed by atoms with Crippen LogP contribution in [0, 0.1) is 17.0 Å². The SMILES string of the molecule is C/C=C1/C[N@@+]2([O-])[C@H]3C[C@@H]1[C@H](C(=O)OC)[C@@H]2Cc1c3[nH]c2ccccc12. The number of benzene rings is 1. The number of aromatic amines is 1. The fourth-order valence-electron chi connectivity index (χ4n) is 5.66. The van der Waals surface area contributed by atoms with Crippen LogP contribution in [0.4, 0.5) is 0 Å². The van der Waals surface area contributed by atoms with Gasteiger partial charge in [0, 0.05) is 29.7 Å². The van der Waals surface area contributed by atoms with Crippen molar-refractivity contribution in [2.45, 2.75) is 31.8 Å². The van der Waals surface area contributed by atoms with Gasteiger partial charge in [-0.25, -0.2) is 0 Å². The van der Waals surface area contributed by atoms with Gasteiger partial charge in [0.15, 0.2) is 0 Å². The predicted molar refractivity (Wildman–Crippen MR) is 94.4 cm³/mol. The molecule has 5 nitrogen and oxygen atoms in total. The number of nitrogens with one attached hydrogen (secondary N) is 1. The summed E-state index contributed by atoms with van der Waals surface area (Å²) in [6, 6.07) is 7.88. The number of fused-ring (bicyclic) bond motifs is 4. The van der Waals surface area contributed by atoms with Crippen molar-refractivity contribution in [3.63, 3.8) is 0 Å². The first-order valence-corrected chi connectivity index (χ1v) is 8.99. The number of piperidine rings is 3. The average Bonchev–Trinajstić information content (AvgIpc) is 2.98. The Balaban J connectivity index is 1.72. The minimum absolute atomic E-state index is 0.101. The molecular weight excluding hydrogens is 316 g/mol. The van der Waals surface area contributed by atoms with Crippen molar-refractivity contribution in [2.75, 3.05) is 13.7 Å². The van der Waals surface area contributed by atoms with Gasteiger partial charge in [0.25, 0.3) is 0 Å². The third-order valence-corrected chi connectivity index (χ3v) is 6.76. The molecule has 3 saturated heterocycles. The van der Waals surface area contributed by atoms with E-state index in [9.17, 15) is 10.0 Å². The van der Waals surface area contributed by atoms with Gasteiger partial charge in [-0.2, -0.15) is 0 Å². The fraction of sp³-hybridized carbons (Fsp3) is 0.450. The number of aromatic nitrogens is 1. The molecule has 130 valence electrons. The summed E-state index contributed by atoms with van der Waals surface area (Å²) in [5.74, 6) is -0.435. The Morgan fingerprint density at radius 2 is 2.20 bits per heavy atom. The molecule has 4 bridgehead atoms. The largest absolute Gasteiger partial charge is 0.632 e. The Morgan fingerprint density at radius 1 is 1.40 bits per heavy atom. The molecular formula is C20H22N2O3. The summed E-state index contributed by atoms with van der Waals surface area (Å²) in [7, 11) is 1.43. The van der Waals surface area contributed by atoms with Crippen LogP contribution in [-0.2, 0) is 16.0 Å². The second kappa shape index (κ2) is 4.96. The van der Waals surface area contributed by atoms with E-state index >= 15 is 0 Å². The molecule has 25 heavy (non-hydrogen) atoms. The first-order chi connectivity index (χ1) is 12.1. The molecule has 4 aliphatic rings. The Hall–Kier alpha value is -2.11. The topological polar surface area (TPSA) is 65.2 Å². The van der Waals surface area contributed by atoms with Crippen LogP contribution in [0.2, 0.25) is 0 Å². The van der Waals surface area contributed by atoms with Crippen molar-refractivity contribution < 1.29 is 14.2 Å². The molecule has 6 rings (SSSR count). The number of para-hydroxylation sites is 1. The van der Waals surface area contributed by atoms with E-state index in [4.69, 9.17) is 4.74 Å². The smallest absolute Gasteiger partial charge is 0.315 e. The number of hydroxylamine groups is 3. The molecule has 5 atom stereocenters. The summed E-state index contributed by atoms with van der Waals surface area (Å²) in [4.78, 5) is 16.1. The van der Waals surface area contributed by atoms with E-state index in [1.54, 1.807) is 0 Å².